The molecule has 1 aliphatic rings. The lowest BCUT2D eigenvalue weighted by Crippen LogP contribution is -2.13. The Labute approximate surface area is 119 Å². The van der Waals surface area contributed by atoms with Gasteiger partial charge < -0.3 is 14.4 Å². The molecule has 0 saturated heterocycles. The van der Waals surface area contributed by atoms with Crippen LogP contribution in [0.1, 0.15) is 49.0 Å². The summed E-state index contributed by atoms with van der Waals surface area (Å²) in [6.45, 7) is 4.68. The Morgan fingerprint density at radius 3 is 3.15 bits per heavy atom. The van der Waals surface area contributed by atoms with Gasteiger partial charge in [0.15, 0.2) is 5.76 Å². The molecule has 0 aliphatic heterocycles. The Kier molecular flexibility index (Phi) is 4.16. The SMILES string of the molecule is CCCNCc1cc(Cn2cnc3c2CCCC3)on1. The van der Waals surface area contributed by atoms with E-state index in [1.54, 1.807) is 0 Å². The molecule has 2 aromatic heterocycles. The summed E-state index contributed by atoms with van der Waals surface area (Å²) in [6, 6.07) is 2.04. The van der Waals surface area contributed by atoms with Crippen molar-refractivity contribution >= 4 is 0 Å². The Hall–Kier alpha value is -1.62. The van der Waals surface area contributed by atoms with Gasteiger partial charge in [-0.15, -0.1) is 0 Å². The molecule has 0 amide bonds. The normalized spacial score (nSPS) is 14.4. The van der Waals surface area contributed by atoms with Gasteiger partial charge in [0.05, 0.1) is 24.3 Å². The van der Waals surface area contributed by atoms with Gasteiger partial charge in [-0.25, -0.2) is 4.98 Å². The number of hydrogen-bond donors (Lipinski definition) is 1. The number of hydrogen-bond acceptors (Lipinski definition) is 4. The van der Waals surface area contributed by atoms with Crippen LogP contribution in [0.25, 0.3) is 0 Å². The monoisotopic (exact) mass is 274 g/mol. The van der Waals surface area contributed by atoms with E-state index >= 15 is 0 Å². The van der Waals surface area contributed by atoms with E-state index < -0.39 is 0 Å². The third-order valence-electron chi connectivity index (χ3n) is 3.78. The molecule has 5 nitrogen and oxygen atoms in total. The van der Waals surface area contributed by atoms with Crippen molar-refractivity contribution in [2.24, 2.45) is 0 Å². The molecule has 0 bridgehead atoms. The third kappa shape index (κ3) is 2.93. The van der Waals surface area contributed by atoms with Crippen molar-refractivity contribution in [1.29, 1.82) is 0 Å². The van der Waals surface area contributed by atoms with Crippen molar-refractivity contribution in [3.63, 3.8) is 0 Å². The molecular weight excluding hydrogens is 252 g/mol. The standard InChI is InChI=1S/C15H22N4O/c1-2-7-16-9-12-8-13(20-18-12)10-19-11-17-14-5-3-4-6-15(14)19/h8,11,16H,2-7,9-10H2,1H3. The quantitative estimate of drug-likeness (QED) is 0.821. The van der Waals surface area contributed by atoms with E-state index in [4.69, 9.17) is 4.52 Å². The molecule has 0 saturated carbocycles. The Balaban J connectivity index is 1.64. The summed E-state index contributed by atoms with van der Waals surface area (Å²) in [5.74, 6) is 0.907. The van der Waals surface area contributed by atoms with E-state index in [-0.39, 0.29) is 0 Å². The molecule has 20 heavy (non-hydrogen) atoms. The summed E-state index contributed by atoms with van der Waals surface area (Å²) in [6.07, 6.45) is 7.85. The number of nitrogens with zero attached hydrogens (tertiary/aromatic N) is 3. The highest BCUT2D eigenvalue weighted by Gasteiger charge is 2.16. The minimum atomic E-state index is 0.739. The van der Waals surface area contributed by atoms with Crippen LogP contribution in [-0.2, 0) is 25.9 Å². The van der Waals surface area contributed by atoms with Crippen molar-refractivity contribution in [2.75, 3.05) is 6.54 Å². The van der Waals surface area contributed by atoms with Crippen LogP contribution >= 0.6 is 0 Å². The minimum Gasteiger partial charge on any atom is -0.359 e. The fourth-order valence-corrected chi connectivity index (χ4v) is 2.74. The van der Waals surface area contributed by atoms with Gasteiger partial charge in [-0.2, -0.15) is 0 Å². The van der Waals surface area contributed by atoms with Gasteiger partial charge in [-0.3, -0.25) is 0 Å². The summed E-state index contributed by atoms with van der Waals surface area (Å²) in [4.78, 5) is 4.51. The molecule has 0 fully saturated rings. The maximum atomic E-state index is 5.42. The first-order chi connectivity index (χ1) is 9.86. The average molecular weight is 274 g/mol. The lowest BCUT2D eigenvalue weighted by Gasteiger charge is -2.12. The van der Waals surface area contributed by atoms with E-state index in [0.717, 1.165) is 50.4 Å². The highest BCUT2D eigenvalue weighted by molar-refractivity contribution is 5.18. The number of nitrogens with one attached hydrogen (secondary N) is 1. The van der Waals surface area contributed by atoms with Crippen molar-refractivity contribution in [2.45, 2.75) is 52.1 Å². The topological polar surface area (TPSA) is 55.9 Å². The summed E-state index contributed by atoms with van der Waals surface area (Å²) in [5, 5.41) is 7.44. The summed E-state index contributed by atoms with van der Waals surface area (Å²) in [5.41, 5.74) is 3.61. The molecule has 5 heteroatoms. The van der Waals surface area contributed by atoms with Gasteiger partial charge in [0, 0.05) is 18.3 Å². The zero-order valence-corrected chi connectivity index (χ0v) is 12.1. The van der Waals surface area contributed by atoms with Crippen LogP contribution < -0.4 is 5.32 Å². The molecule has 2 heterocycles. The highest BCUT2D eigenvalue weighted by atomic mass is 16.5. The number of rotatable bonds is 6. The maximum absolute atomic E-state index is 5.42. The molecule has 0 aromatic carbocycles. The molecule has 0 spiro atoms. The second kappa shape index (κ2) is 6.22. The fraction of sp³-hybridized carbons (Fsp3) is 0.600. The van der Waals surface area contributed by atoms with Crippen molar-refractivity contribution in [3.8, 4) is 0 Å². The smallest absolute Gasteiger partial charge is 0.156 e. The van der Waals surface area contributed by atoms with Gasteiger partial charge in [0.25, 0.3) is 0 Å². The Morgan fingerprint density at radius 1 is 1.35 bits per heavy atom. The number of fused-ring (bicyclic) bond motifs is 1. The minimum absolute atomic E-state index is 0.739. The van der Waals surface area contributed by atoms with Gasteiger partial charge in [-0.05, 0) is 38.6 Å². The first kappa shape index (κ1) is 13.4. The van der Waals surface area contributed by atoms with Gasteiger partial charge >= 0.3 is 0 Å². The van der Waals surface area contributed by atoms with E-state index in [2.05, 4.69) is 26.9 Å². The second-order valence-electron chi connectivity index (χ2n) is 5.43. The van der Waals surface area contributed by atoms with Crippen molar-refractivity contribution in [3.05, 3.63) is 35.2 Å². The average Bonchev–Trinajstić information content (AvgIpc) is 3.08. The first-order valence-electron chi connectivity index (χ1n) is 7.55. The van der Waals surface area contributed by atoms with Crippen LogP contribution in [0, 0.1) is 0 Å². The summed E-state index contributed by atoms with van der Waals surface area (Å²) < 4.78 is 7.63. The summed E-state index contributed by atoms with van der Waals surface area (Å²) in [7, 11) is 0. The predicted molar refractivity (Wildman–Crippen MR) is 76.5 cm³/mol. The van der Waals surface area contributed by atoms with Crippen LogP contribution in [0.15, 0.2) is 16.9 Å². The number of imidazole rings is 1. The van der Waals surface area contributed by atoms with E-state index in [1.165, 1.54) is 24.2 Å². The van der Waals surface area contributed by atoms with Crippen LogP contribution in [0.5, 0.6) is 0 Å². The number of aromatic nitrogens is 3. The summed E-state index contributed by atoms with van der Waals surface area (Å²) >= 11 is 0. The lowest BCUT2D eigenvalue weighted by molar-refractivity contribution is 0.367. The van der Waals surface area contributed by atoms with E-state index in [0.29, 0.717) is 0 Å². The molecule has 3 rings (SSSR count). The lowest BCUT2D eigenvalue weighted by atomic mass is 10.0. The fourth-order valence-electron chi connectivity index (χ4n) is 2.74. The Bertz CT molecular complexity index is 558. The molecule has 108 valence electrons. The van der Waals surface area contributed by atoms with Crippen LogP contribution in [-0.4, -0.2) is 21.3 Å². The largest absolute Gasteiger partial charge is 0.359 e. The molecule has 1 N–H and O–H groups in total. The molecular formula is C15H22N4O. The van der Waals surface area contributed by atoms with Crippen LogP contribution in [0.3, 0.4) is 0 Å². The van der Waals surface area contributed by atoms with Crippen LogP contribution in [0.4, 0.5) is 0 Å². The number of aryl methyl sites for hydroxylation is 1. The molecule has 0 unspecified atom stereocenters. The Morgan fingerprint density at radius 2 is 2.25 bits per heavy atom. The van der Waals surface area contributed by atoms with Gasteiger partial charge in [0.2, 0.25) is 0 Å². The maximum Gasteiger partial charge on any atom is 0.156 e. The van der Waals surface area contributed by atoms with Crippen LogP contribution in [0.2, 0.25) is 0 Å². The predicted octanol–water partition coefficient (Wildman–Crippen LogP) is 2.30. The van der Waals surface area contributed by atoms with E-state index in [1.807, 2.05) is 12.4 Å². The van der Waals surface area contributed by atoms with Gasteiger partial charge in [0.1, 0.15) is 0 Å². The van der Waals surface area contributed by atoms with Gasteiger partial charge in [-0.1, -0.05) is 12.1 Å². The zero-order valence-electron chi connectivity index (χ0n) is 12.1. The first-order valence-corrected chi connectivity index (χ1v) is 7.55. The molecule has 2 aromatic rings. The zero-order chi connectivity index (χ0) is 13.8. The third-order valence-corrected chi connectivity index (χ3v) is 3.78. The molecule has 0 atom stereocenters. The second-order valence-corrected chi connectivity index (χ2v) is 5.43. The van der Waals surface area contributed by atoms with Crippen molar-refractivity contribution < 1.29 is 4.52 Å². The van der Waals surface area contributed by atoms with E-state index in [9.17, 15) is 0 Å². The molecule has 1 aliphatic carbocycles. The highest BCUT2D eigenvalue weighted by Crippen LogP contribution is 2.20. The molecule has 0 radical (unpaired) electrons. The van der Waals surface area contributed by atoms with Crippen molar-refractivity contribution in [1.82, 2.24) is 20.0 Å².